The van der Waals surface area contributed by atoms with E-state index in [4.69, 9.17) is 4.99 Å². The first-order valence-electron chi connectivity index (χ1n) is 10.2. The number of piperazine rings is 1. The number of guanidine groups is 1. The van der Waals surface area contributed by atoms with E-state index in [-0.39, 0.29) is 0 Å². The number of hydrogen-bond acceptors (Lipinski definition) is 4. The van der Waals surface area contributed by atoms with Crippen molar-refractivity contribution >= 4 is 17.3 Å². The lowest BCUT2D eigenvalue weighted by molar-refractivity contribution is 0.136. The molecule has 0 radical (unpaired) electrons. The van der Waals surface area contributed by atoms with Gasteiger partial charge < -0.3 is 20.4 Å². The predicted octanol–water partition coefficient (Wildman–Crippen LogP) is 2.82. The Bertz CT molecular complexity index is 494. The van der Waals surface area contributed by atoms with Gasteiger partial charge in [0, 0.05) is 51.7 Å². The molecule has 1 fully saturated rings. The van der Waals surface area contributed by atoms with Crippen LogP contribution in [0.1, 0.15) is 45.1 Å². The van der Waals surface area contributed by atoms with Gasteiger partial charge in [-0.05, 0) is 55.2 Å². The Hall–Kier alpha value is -1.11. The first-order chi connectivity index (χ1) is 12.7. The number of likely N-dealkylation sites (N-methyl/N-ethyl adjacent to an activating group) is 1. The van der Waals surface area contributed by atoms with Gasteiger partial charge in [0.1, 0.15) is 0 Å². The molecule has 2 N–H and O–H groups in total. The van der Waals surface area contributed by atoms with E-state index in [1.165, 1.54) is 57.7 Å². The van der Waals surface area contributed by atoms with Crippen molar-refractivity contribution in [3.8, 4) is 0 Å². The van der Waals surface area contributed by atoms with Gasteiger partial charge in [0.15, 0.2) is 5.96 Å². The van der Waals surface area contributed by atoms with Gasteiger partial charge in [0.25, 0.3) is 0 Å². The topological polar surface area (TPSA) is 42.9 Å². The van der Waals surface area contributed by atoms with Gasteiger partial charge in [-0.2, -0.15) is 11.3 Å². The molecule has 0 saturated carbocycles. The van der Waals surface area contributed by atoms with Crippen molar-refractivity contribution in [3.05, 3.63) is 22.4 Å². The van der Waals surface area contributed by atoms with E-state index in [9.17, 15) is 0 Å². The zero-order chi connectivity index (χ0) is 18.6. The SMILES string of the molecule is CCNC(=NCC(C)c1ccsc1)NCCCCN1CCN(CC)CC1. The van der Waals surface area contributed by atoms with Crippen LogP contribution in [0.5, 0.6) is 0 Å². The summed E-state index contributed by atoms with van der Waals surface area (Å²) in [7, 11) is 0. The summed E-state index contributed by atoms with van der Waals surface area (Å²) >= 11 is 1.76. The van der Waals surface area contributed by atoms with Crippen molar-refractivity contribution < 1.29 is 0 Å². The molecule has 0 aromatic carbocycles. The highest BCUT2D eigenvalue weighted by molar-refractivity contribution is 7.07. The van der Waals surface area contributed by atoms with E-state index in [0.29, 0.717) is 5.92 Å². The van der Waals surface area contributed by atoms with Crippen molar-refractivity contribution in [1.82, 2.24) is 20.4 Å². The number of nitrogens with zero attached hydrogens (tertiary/aromatic N) is 3. The minimum Gasteiger partial charge on any atom is -0.357 e. The minimum absolute atomic E-state index is 0.471. The third-order valence-corrected chi connectivity index (χ3v) is 5.79. The zero-order valence-electron chi connectivity index (χ0n) is 16.8. The molecule has 1 saturated heterocycles. The highest BCUT2D eigenvalue weighted by Crippen LogP contribution is 2.18. The van der Waals surface area contributed by atoms with Crippen LogP contribution >= 0.6 is 11.3 Å². The molecule has 0 spiro atoms. The monoisotopic (exact) mass is 379 g/mol. The predicted molar refractivity (Wildman–Crippen MR) is 115 cm³/mol. The summed E-state index contributed by atoms with van der Waals surface area (Å²) in [4.78, 5) is 9.90. The van der Waals surface area contributed by atoms with Crippen LogP contribution in [-0.2, 0) is 0 Å². The van der Waals surface area contributed by atoms with E-state index in [1.54, 1.807) is 11.3 Å². The van der Waals surface area contributed by atoms with Gasteiger partial charge >= 0.3 is 0 Å². The quantitative estimate of drug-likeness (QED) is 0.373. The summed E-state index contributed by atoms with van der Waals surface area (Å²) in [6.07, 6.45) is 2.45. The van der Waals surface area contributed by atoms with Crippen molar-refractivity contribution in [2.45, 2.75) is 39.5 Å². The molecule has 148 valence electrons. The van der Waals surface area contributed by atoms with Crippen LogP contribution in [0.25, 0.3) is 0 Å². The fourth-order valence-electron chi connectivity index (χ4n) is 3.23. The summed E-state index contributed by atoms with van der Waals surface area (Å²) in [6.45, 7) is 16.7. The molecule has 0 amide bonds. The molecule has 0 bridgehead atoms. The van der Waals surface area contributed by atoms with E-state index in [1.807, 2.05) is 0 Å². The van der Waals surface area contributed by atoms with Crippen LogP contribution < -0.4 is 10.6 Å². The Morgan fingerprint density at radius 3 is 2.58 bits per heavy atom. The number of thiophene rings is 1. The molecule has 5 nitrogen and oxygen atoms in total. The van der Waals surface area contributed by atoms with Crippen molar-refractivity contribution in [2.75, 3.05) is 58.9 Å². The second-order valence-corrected chi connectivity index (χ2v) is 7.87. The van der Waals surface area contributed by atoms with Gasteiger partial charge in [-0.25, -0.2) is 0 Å². The van der Waals surface area contributed by atoms with E-state index >= 15 is 0 Å². The van der Waals surface area contributed by atoms with Crippen LogP contribution in [0.15, 0.2) is 21.8 Å². The molecule has 26 heavy (non-hydrogen) atoms. The number of aliphatic imine (C=N–C) groups is 1. The number of hydrogen-bond donors (Lipinski definition) is 2. The van der Waals surface area contributed by atoms with E-state index in [0.717, 1.165) is 25.6 Å². The van der Waals surface area contributed by atoms with Crippen molar-refractivity contribution in [1.29, 1.82) is 0 Å². The number of nitrogens with one attached hydrogen (secondary N) is 2. The fourth-order valence-corrected chi connectivity index (χ4v) is 4.01. The zero-order valence-corrected chi connectivity index (χ0v) is 17.7. The molecule has 2 heterocycles. The second-order valence-electron chi connectivity index (χ2n) is 7.09. The summed E-state index contributed by atoms with van der Waals surface area (Å²) in [5.74, 6) is 1.42. The number of unbranched alkanes of at least 4 members (excludes halogenated alkanes) is 1. The molecule has 1 atom stereocenters. The maximum atomic E-state index is 4.76. The van der Waals surface area contributed by atoms with Crippen molar-refractivity contribution in [2.24, 2.45) is 4.99 Å². The molecule has 1 aliphatic rings. The molecular weight excluding hydrogens is 342 g/mol. The third kappa shape index (κ3) is 7.64. The molecule has 1 aliphatic heterocycles. The second kappa shape index (κ2) is 12.3. The van der Waals surface area contributed by atoms with Gasteiger partial charge in [-0.3, -0.25) is 4.99 Å². The largest absolute Gasteiger partial charge is 0.357 e. The summed E-state index contributed by atoms with van der Waals surface area (Å²) < 4.78 is 0. The molecule has 1 unspecified atom stereocenters. The lowest BCUT2D eigenvalue weighted by Crippen LogP contribution is -2.46. The minimum atomic E-state index is 0.471. The Morgan fingerprint density at radius 1 is 1.15 bits per heavy atom. The van der Waals surface area contributed by atoms with Crippen molar-refractivity contribution in [3.63, 3.8) is 0 Å². The third-order valence-electron chi connectivity index (χ3n) is 5.09. The van der Waals surface area contributed by atoms with Gasteiger partial charge in [-0.15, -0.1) is 0 Å². The maximum Gasteiger partial charge on any atom is 0.191 e. The van der Waals surface area contributed by atoms with Gasteiger partial charge in [-0.1, -0.05) is 13.8 Å². The maximum absolute atomic E-state index is 4.76. The van der Waals surface area contributed by atoms with Gasteiger partial charge in [0.05, 0.1) is 0 Å². The van der Waals surface area contributed by atoms with Crippen LogP contribution in [0.4, 0.5) is 0 Å². The summed E-state index contributed by atoms with van der Waals surface area (Å²) in [6, 6.07) is 2.20. The molecule has 1 aromatic rings. The van der Waals surface area contributed by atoms with E-state index < -0.39 is 0 Å². The lowest BCUT2D eigenvalue weighted by Gasteiger charge is -2.34. The molecule has 6 heteroatoms. The average Bonchev–Trinajstić information content (AvgIpc) is 3.21. The van der Waals surface area contributed by atoms with Gasteiger partial charge in [0.2, 0.25) is 0 Å². The number of rotatable bonds is 10. The Balaban J connectivity index is 1.61. The van der Waals surface area contributed by atoms with Crippen LogP contribution in [0, 0.1) is 0 Å². The van der Waals surface area contributed by atoms with Crippen LogP contribution in [0.3, 0.4) is 0 Å². The standard InChI is InChI=1S/C20H37N5S/c1-4-21-20(23-16-18(3)19-8-15-26-17-19)22-9-6-7-10-25-13-11-24(5-2)12-14-25/h8,15,17-18H,4-7,9-14,16H2,1-3H3,(H2,21,22,23). The first-order valence-corrected chi connectivity index (χ1v) is 11.2. The highest BCUT2D eigenvalue weighted by Gasteiger charge is 2.14. The Kier molecular flexibility index (Phi) is 10.0. The van der Waals surface area contributed by atoms with Crippen LogP contribution in [-0.4, -0.2) is 74.7 Å². The van der Waals surface area contributed by atoms with E-state index in [2.05, 4.69) is 58.0 Å². The Morgan fingerprint density at radius 2 is 1.92 bits per heavy atom. The summed E-state index contributed by atoms with van der Waals surface area (Å²) in [5.41, 5.74) is 1.39. The smallest absolute Gasteiger partial charge is 0.191 e. The van der Waals surface area contributed by atoms with Crippen LogP contribution in [0.2, 0.25) is 0 Å². The first kappa shape index (κ1) is 21.2. The molecular formula is C20H37N5S. The Labute approximate surface area is 163 Å². The summed E-state index contributed by atoms with van der Waals surface area (Å²) in [5, 5.41) is 11.2. The molecule has 0 aliphatic carbocycles. The normalized spacial score (nSPS) is 18.0. The fraction of sp³-hybridized carbons (Fsp3) is 0.750. The lowest BCUT2D eigenvalue weighted by atomic mass is 10.1. The highest BCUT2D eigenvalue weighted by atomic mass is 32.1. The molecule has 2 rings (SSSR count). The molecule has 1 aromatic heterocycles. The average molecular weight is 380 g/mol.